The Labute approximate surface area is 123 Å². The van der Waals surface area contributed by atoms with E-state index in [1.54, 1.807) is 0 Å². The highest BCUT2D eigenvalue weighted by atomic mass is 79.9. The van der Waals surface area contributed by atoms with E-state index in [0.29, 0.717) is 5.04 Å². The van der Waals surface area contributed by atoms with Gasteiger partial charge in [0.05, 0.1) is 13.2 Å². The molecule has 0 fully saturated rings. The highest BCUT2D eigenvalue weighted by Crippen LogP contribution is 2.36. The first kappa shape index (κ1) is 18.6. The van der Waals surface area contributed by atoms with Crippen LogP contribution in [0.1, 0.15) is 46.5 Å². The molecule has 0 heterocycles. The van der Waals surface area contributed by atoms with Crippen LogP contribution in [0.3, 0.4) is 0 Å². The van der Waals surface area contributed by atoms with Crippen molar-refractivity contribution in [3.63, 3.8) is 0 Å². The summed E-state index contributed by atoms with van der Waals surface area (Å²) in [7, 11) is -1.58. The standard InChI is InChI=1S/C14H31BrO2Si/c1-14(2,3)18(4,5)17-13-12-16-11-9-7-6-8-10-15/h6-13H2,1-5H3. The van der Waals surface area contributed by atoms with Crippen molar-refractivity contribution in [1.82, 2.24) is 0 Å². The maximum absolute atomic E-state index is 6.05. The molecule has 0 saturated heterocycles. The minimum Gasteiger partial charge on any atom is -0.414 e. The summed E-state index contributed by atoms with van der Waals surface area (Å²) in [5, 5.41) is 1.41. The van der Waals surface area contributed by atoms with Crippen LogP contribution in [0.4, 0.5) is 0 Å². The van der Waals surface area contributed by atoms with Gasteiger partial charge in [0.1, 0.15) is 0 Å². The molecule has 0 saturated carbocycles. The minimum atomic E-state index is -1.58. The van der Waals surface area contributed by atoms with Crippen LogP contribution >= 0.6 is 15.9 Å². The molecule has 0 atom stereocenters. The van der Waals surface area contributed by atoms with Gasteiger partial charge in [0.2, 0.25) is 0 Å². The molecule has 0 spiro atoms. The van der Waals surface area contributed by atoms with Gasteiger partial charge in [-0.15, -0.1) is 0 Å². The van der Waals surface area contributed by atoms with E-state index in [-0.39, 0.29) is 0 Å². The van der Waals surface area contributed by atoms with Gasteiger partial charge < -0.3 is 9.16 Å². The second-order valence-corrected chi connectivity index (χ2v) is 11.9. The van der Waals surface area contributed by atoms with E-state index < -0.39 is 8.32 Å². The number of hydrogen-bond acceptors (Lipinski definition) is 2. The number of alkyl halides is 1. The fourth-order valence-electron chi connectivity index (χ4n) is 1.33. The monoisotopic (exact) mass is 338 g/mol. The van der Waals surface area contributed by atoms with Gasteiger partial charge in [-0.3, -0.25) is 0 Å². The Morgan fingerprint density at radius 3 is 2.06 bits per heavy atom. The van der Waals surface area contributed by atoms with E-state index in [9.17, 15) is 0 Å². The van der Waals surface area contributed by atoms with Crippen LogP contribution in [0.15, 0.2) is 0 Å². The van der Waals surface area contributed by atoms with Gasteiger partial charge in [0.25, 0.3) is 0 Å². The summed E-state index contributed by atoms with van der Waals surface area (Å²) in [6.07, 6.45) is 5.02. The highest BCUT2D eigenvalue weighted by molar-refractivity contribution is 9.09. The fraction of sp³-hybridized carbons (Fsp3) is 1.00. The summed E-state index contributed by atoms with van der Waals surface area (Å²) in [4.78, 5) is 0. The molecule has 0 bridgehead atoms. The van der Waals surface area contributed by atoms with Crippen molar-refractivity contribution in [3.8, 4) is 0 Å². The third-order valence-electron chi connectivity index (χ3n) is 3.67. The van der Waals surface area contributed by atoms with Crippen LogP contribution in [0.5, 0.6) is 0 Å². The maximum atomic E-state index is 6.05. The van der Waals surface area contributed by atoms with Crippen LogP contribution < -0.4 is 0 Å². The third-order valence-corrected chi connectivity index (χ3v) is 8.77. The number of unbranched alkanes of at least 4 members (excludes halogenated alkanes) is 3. The van der Waals surface area contributed by atoms with Gasteiger partial charge >= 0.3 is 0 Å². The molecule has 18 heavy (non-hydrogen) atoms. The molecule has 110 valence electrons. The Morgan fingerprint density at radius 1 is 0.889 bits per heavy atom. The topological polar surface area (TPSA) is 18.5 Å². The Kier molecular flexibility index (Phi) is 9.84. The molecular weight excluding hydrogens is 308 g/mol. The Balaban J connectivity index is 3.41. The lowest BCUT2D eigenvalue weighted by molar-refractivity contribution is 0.0926. The largest absolute Gasteiger partial charge is 0.414 e. The first-order valence-corrected chi connectivity index (χ1v) is 11.1. The molecule has 0 aromatic heterocycles. The van der Waals surface area contributed by atoms with Crippen LogP contribution in [-0.4, -0.2) is 33.5 Å². The smallest absolute Gasteiger partial charge is 0.192 e. The van der Waals surface area contributed by atoms with Gasteiger partial charge in [0, 0.05) is 11.9 Å². The Hall–Kier alpha value is 0.617. The molecule has 0 amide bonds. The lowest BCUT2D eigenvalue weighted by Crippen LogP contribution is -2.41. The summed E-state index contributed by atoms with van der Waals surface area (Å²) in [5.41, 5.74) is 0. The molecule has 0 aliphatic carbocycles. The number of ether oxygens (including phenoxy) is 1. The molecule has 0 aromatic carbocycles. The lowest BCUT2D eigenvalue weighted by Gasteiger charge is -2.36. The Morgan fingerprint density at radius 2 is 1.50 bits per heavy atom. The quantitative estimate of drug-likeness (QED) is 0.317. The van der Waals surface area contributed by atoms with E-state index in [0.717, 1.165) is 25.2 Å². The Bertz CT molecular complexity index is 202. The maximum Gasteiger partial charge on any atom is 0.192 e. The fourth-order valence-corrected chi connectivity index (χ4v) is 2.75. The van der Waals surface area contributed by atoms with E-state index in [1.807, 2.05) is 0 Å². The summed E-state index contributed by atoms with van der Waals surface area (Å²) < 4.78 is 11.7. The number of hydrogen-bond donors (Lipinski definition) is 0. The van der Waals surface area contributed by atoms with Crippen molar-refractivity contribution in [1.29, 1.82) is 0 Å². The van der Waals surface area contributed by atoms with Crippen molar-refractivity contribution in [2.75, 3.05) is 25.2 Å². The molecule has 0 unspecified atom stereocenters. The van der Waals surface area contributed by atoms with Crippen molar-refractivity contribution >= 4 is 24.2 Å². The predicted octanol–water partition coefficient (Wildman–Crippen LogP) is 4.98. The predicted molar refractivity (Wildman–Crippen MR) is 86.2 cm³/mol. The zero-order valence-corrected chi connectivity index (χ0v) is 15.4. The molecule has 0 N–H and O–H groups in total. The summed E-state index contributed by atoms with van der Waals surface area (Å²) >= 11 is 3.44. The SMILES string of the molecule is CC(C)(C)[Si](C)(C)OCCOCCCCCCBr. The van der Waals surface area contributed by atoms with Gasteiger partial charge in [0.15, 0.2) is 8.32 Å². The van der Waals surface area contributed by atoms with Crippen LogP contribution in [0.25, 0.3) is 0 Å². The summed E-state index contributed by atoms with van der Waals surface area (Å²) in [6, 6.07) is 0. The number of rotatable bonds is 10. The van der Waals surface area contributed by atoms with Crippen LogP contribution in [-0.2, 0) is 9.16 Å². The van der Waals surface area contributed by atoms with Gasteiger partial charge in [-0.25, -0.2) is 0 Å². The van der Waals surface area contributed by atoms with E-state index in [1.165, 1.54) is 25.7 Å². The molecule has 4 heteroatoms. The van der Waals surface area contributed by atoms with Gasteiger partial charge in [-0.2, -0.15) is 0 Å². The average Bonchev–Trinajstić information content (AvgIpc) is 2.25. The van der Waals surface area contributed by atoms with Crippen LogP contribution in [0, 0.1) is 0 Å². The van der Waals surface area contributed by atoms with E-state index in [4.69, 9.17) is 9.16 Å². The van der Waals surface area contributed by atoms with Crippen molar-refractivity contribution < 1.29 is 9.16 Å². The van der Waals surface area contributed by atoms with Gasteiger partial charge in [-0.05, 0) is 31.0 Å². The van der Waals surface area contributed by atoms with E-state index in [2.05, 4.69) is 49.8 Å². The molecular formula is C14H31BrO2Si. The molecule has 0 rings (SSSR count). The van der Waals surface area contributed by atoms with Crippen LogP contribution in [0.2, 0.25) is 18.1 Å². The van der Waals surface area contributed by atoms with Crippen molar-refractivity contribution in [2.24, 2.45) is 0 Å². The zero-order chi connectivity index (χ0) is 14.1. The molecule has 0 aliphatic heterocycles. The van der Waals surface area contributed by atoms with Gasteiger partial charge in [-0.1, -0.05) is 49.5 Å². The lowest BCUT2D eigenvalue weighted by atomic mass is 10.2. The summed E-state index contributed by atoms with van der Waals surface area (Å²) in [5.74, 6) is 0. The van der Waals surface area contributed by atoms with Crippen molar-refractivity contribution in [2.45, 2.75) is 64.6 Å². The first-order valence-electron chi connectivity index (χ1n) is 7.09. The molecule has 0 aromatic rings. The highest BCUT2D eigenvalue weighted by Gasteiger charge is 2.36. The zero-order valence-electron chi connectivity index (χ0n) is 12.9. The molecule has 2 nitrogen and oxygen atoms in total. The second-order valence-electron chi connectivity index (χ2n) is 6.32. The van der Waals surface area contributed by atoms with E-state index >= 15 is 0 Å². The second kappa shape index (κ2) is 9.51. The molecule has 0 aliphatic rings. The third kappa shape index (κ3) is 8.67. The van der Waals surface area contributed by atoms with Crippen molar-refractivity contribution in [3.05, 3.63) is 0 Å². The normalized spacial score (nSPS) is 13.0. The summed E-state index contributed by atoms with van der Waals surface area (Å²) in [6.45, 7) is 13.7. The first-order chi connectivity index (χ1) is 8.31. The average molecular weight is 339 g/mol. The minimum absolute atomic E-state index is 0.294. The molecule has 0 radical (unpaired) electrons. The number of halogens is 1.